The maximum absolute atomic E-state index is 12.6. The topological polar surface area (TPSA) is 70.0 Å². The van der Waals surface area contributed by atoms with E-state index in [2.05, 4.69) is 11.9 Å². The lowest BCUT2D eigenvalue weighted by atomic mass is 10.0. The van der Waals surface area contributed by atoms with Crippen LogP contribution in [0.4, 0.5) is 10.1 Å². The molecule has 0 bridgehead atoms. The maximum Gasteiger partial charge on any atom is 0.249 e. The van der Waals surface area contributed by atoms with Gasteiger partial charge in [0, 0.05) is 12.1 Å². The normalized spacial score (nSPS) is 11.1. The second-order valence-electron chi connectivity index (χ2n) is 3.52. The number of nitrogens with zero attached hydrogens (tertiary/aromatic N) is 1. The van der Waals surface area contributed by atoms with Gasteiger partial charge in [0.2, 0.25) is 5.91 Å². The highest BCUT2D eigenvalue weighted by Gasteiger charge is 2.25. The van der Waals surface area contributed by atoms with Crippen molar-refractivity contribution in [1.29, 1.82) is 5.26 Å². The SMILES string of the molecule is C=CCC(=O)C(C#N)C(=O)Nc1ccc(F)cc1. The van der Waals surface area contributed by atoms with Crippen LogP contribution in [-0.2, 0) is 9.59 Å². The number of hydrogen-bond acceptors (Lipinski definition) is 3. The number of amides is 1. The Kier molecular flexibility index (Phi) is 4.76. The van der Waals surface area contributed by atoms with Crippen molar-refractivity contribution in [3.8, 4) is 6.07 Å². The fraction of sp³-hybridized carbons (Fsp3) is 0.154. The van der Waals surface area contributed by atoms with Crippen LogP contribution in [0.1, 0.15) is 6.42 Å². The molecule has 4 nitrogen and oxygen atoms in total. The Labute approximate surface area is 104 Å². The Bertz CT molecular complexity index is 503. The molecule has 0 aliphatic carbocycles. The van der Waals surface area contributed by atoms with Gasteiger partial charge < -0.3 is 5.32 Å². The Morgan fingerprint density at radius 2 is 2.06 bits per heavy atom. The molecule has 18 heavy (non-hydrogen) atoms. The first-order chi connectivity index (χ1) is 8.58. The third-order valence-corrected chi connectivity index (χ3v) is 2.17. The number of benzene rings is 1. The van der Waals surface area contributed by atoms with E-state index in [-0.39, 0.29) is 6.42 Å². The monoisotopic (exact) mass is 246 g/mol. The molecule has 0 saturated carbocycles. The molecule has 0 spiro atoms. The number of Topliss-reactive ketones (excluding diaryl/α,β-unsaturated/α-hetero) is 1. The maximum atomic E-state index is 12.6. The van der Waals surface area contributed by atoms with Gasteiger partial charge in [-0.2, -0.15) is 5.26 Å². The van der Waals surface area contributed by atoms with Crippen molar-refractivity contribution in [3.05, 3.63) is 42.7 Å². The smallest absolute Gasteiger partial charge is 0.249 e. The van der Waals surface area contributed by atoms with E-state index in [0.29, 0.717) is 5.69 Å². The molecule has 92 valence electrons. The zero-order valence-corrected chi connectivity index (χ0v) is 9.52. The number of nitrogens with one attached hydrogen (secondary N) is 1. The number of anilines is 1. The third-order valence-electron chi connectivity index (χ3n) is 2.17. The zero-order valence-electron chi connectivity index (χ0n) is 9.52. The summed E-state index contributed by atoms with van der Waals surface area (Å²) in [5.41, 5.74) is 0.327. The molecule has 1 N–H and O–H groups in total. The number of carbonyl (C=O) groups is 2. The van der Waals surface area contributed by atoms with Crippen LogP contribution >= 0.6 is 0 Å². The van der Waals surface area contributed by atoms with Gasteiger partial charge in [-0.05, 0) is 24.3 Å². The third kappa shape index (κ3) is 3.52. The predicted molar refractivity (Wildman–Crippen MR) is 64.0 cm³/mol. The van der Waals surface area contributed by atoms with Gasteiger partial charge >= 0.3 is 0 Å². The summed E-state index contributed by atoms with van der Waals surface area (Å²) in [5, 5.41) is 11.2. The summed E-state index contributed by atoms with van der Waals surface area (Å²) < 4.78 is 12.6. The summed E-state index contributed by atoms with van der Waals surface area (Å²) >= 11 is 0. The molecule has 1 amide bonds. The highest BCUT2D eigenvalue weighted by molar-refractivity contribution is 6.09. The number of halogens is 1. The van der Waals surface area contributed by atoms with E-state index in [1.807, 2.05) is 0 Å². The summed E-state index contributed by atoms with van der Waals surface area (Å²) in [6, 6.07) is 6.67. The number of nitriles is 1. The van der Waals surface area contributed by atoms with Gasteiger partial charge in [-0.25, -0.2) is 4.39 Å². The lowest BCUT2D eigenvalue weighted by Gasteiger charge is -2.08. The van der Waals surface area contributed by atoms with Crippen LogP contribution in [0.25, 0.3) is 0 Å². The minimum absolute atomic E-state index is 0.0466. The van der Waals surface area contributed by atoms with Crippen LogP contribution in [0.15, 0.2) is 36.9 Å². The van der Waals surface area contributed by atoms with Crippen LogP contribution < -0.4 is 5.32 Å². The van der Waals surface area contributed by atoms with Gasteiger partial charge in [0.1, 0.15) is 5.82 Å². The largest absolute Gasteiger partial charge is 0.325 e. The standard InChI is InChI=1S/C13H11FN2O2/c1-2-3-12(17)11(8-15)13(18)16-10-6-4-9(14)5-7-10/h2,4-7,11H,1,3H2,(H,16,18). The van der Waals surface area contributed by atoms with Gasteiger partial charge in [-0.1, -0.05) is 6.08 Å². The van der Waals surface area contributed by atoms with Crippen LogP contribution in [0.3, 0.4) is 0 Å². The van der Waals surface area contributed by atoms with Gasteiger partial charge in [-0.15, -0.1) is 6.58 Å². The van der Waals surface area contributed by atoms with E-state index >= 15 is 0 Å². The van der Waals surface area contributed by atoms with Crippen LogP contribution in [-0.4, -0.2) is 11.7 Å². The first kappa shape index (κ1) is 13.6. The van der Waals surface area contributed by atoms with E-state index in [1.165, 1.54) is 30.3 Å². The molecule has 1 rings (SSSR count). The average Bonchev–Trinajstić information content (AvgIpc) is 2.33. The molecular formula is C13H11FN2O2. The minimum atomic E-state index is -1.38. The summed E-state index contributed by atoms with van der Waals surface area (Å²) in [7, 11) is 0. The number of allylic oxidation sites excluding steroid dienone is 1. The summed E-state index contributed by atoms with van der Waals surface area (Å²) in [5.74, 6) is -3.07. The number of rotatable bonds is 5. The Hall–Kier alpha value is -2.48. The second kappa shape index (κ2) is 6.30. The Morgan fingerprint density at radius 1 is 1.44 bits per heavy atom. The summed E-state index contributed by atoms with van der Waals surface area (Å²) in [6.07, 6.45) is 1.28. The zero-order chi connectivity index (χ0) is 13.5. The fourth-order valence-corrected chi connectivity index (χ4v) is 1.28. The van der Waals surface area contributed by atoms with Crippen molar-refractivity contribution in [1.82, 2.24) is 0 Å². The van der Waals surface area contributed by atoms with E-state index in [9.17, 15) is 14.0 Å². The van der Waals surface area contributed by atoms with Crippen molar-refractivity contribution in [2.75, 3.05) is 5.32 Å². The van der Waals surface area contributed by atoms with Crippen molar-refractivity contribution in [2.24, 2.45) is 5.92 Å². The van der Waals surface area contributed by atoms with E-state index in [0.717, 1.165) is 0 Å². The average molecular weight is 246 g/mol. The van der Waals surface area contributed by atoms with E-state index < -0.39 is 23.4 Å². The van der Waals surface area contributed by atoms with Gasteiger partial charge in [0.15, 0.2) is 11.7 Å². The Morgan fingerprint density at radius 3 is 2.56 bits per heavy atom. The Balaban J connectivity index is 2.74. The van der Waals surface area contributed by atoms with Crippen LogP contribution in [0, 0.1) is 23.1 Å². The summed E-state index contributed by atoms with van der Waals surface area (Å²) in [6.45, 7) is 3.37. The first-order valence-electron chi connectivity index (χ1n) is 5.18. The lowest BCUT2D eigenvalue weighted by molar-refractivity contribution is -0.128. The number of carbonyl (C=O) groups excluding carboxylic acids is 2. The first-order valence-corrected chi connectivity index (χ1v) is 5.18. The molecular weight excluding hydrogens is 235 g/mol. The highest BCUT2D eigenvalue weighted by atomic mass is 19.1. The molecule has 1 aromatic carbocycles. The van der Waals surface area contributed by atoms with E-state index in [4.69, 9.17) is 5.26 Å². The molecule has 1 unspecified atom stereocenters. The molecule has 0 radical (unpaired) electrons. The van der Waals surface area contributed by atoms with Crippen LogP contribution in [0.5, 0.6) is 0 Å². The molecule has 1 atom stereocenters. The van der Waals surface area contributed by atoms with Gasteiger partial charge in [0.05, 0.1) is 6.07 Å². The lowest BCUT2D eigenvalue weighted by Crippen LogP contribution is -2.28. The molecule has 5 heteroatoms. The molecule has 0 saturated heterocycles. The molecule has 0 aliphatic heterocycles. The van der Waals surface area contributed by atoms with Crippen molar-refractivity contribution in [2.45, 2.75) is 6.42 Å². The highest BCUT2D eigenvalue weighted by Crippen LogP contribution is 2.11. The van der Waals surface area contributed by atoms with Crippen molar-refractivity contribution >= 4 is 17.4 Å². The van der Waals surface area contributed by atoms with Gasteiger partial charge in [0.25, 0.3) is 0 Å². The van der Waals surface area contributed by atoms with Crippen molar-refractivity contribution < 1.29 is 14.0 Å². The van der Waals surface area contributed by atoms with Gasteiger partial charge in [-0.3, -0.25) is 9.59 Å². The van der Waals surface area contributed by atoms with Crippen LogP contribution in [0.2, 0.25) is 0 Å². The fourth-order valence-electron chi connectivity index (χ4n) is 1.28. The number of ketones is 1. The second-order valence-corrected chi connectivity index (χ2v) is 3.52. The van der Waals surface area contributed by atoms with Crippen molar-refractivity contribution in [3.63, 3.8) is 0 Å². The molecule has 0 heterocycles. The molecule has 0 aromatic heterocycles. The molecule has 0 fully saturated rings. The number of hydrogen-bond donors (Lipinski definition) is 1. The molecule has 0 aliphatic rings. The van der Waals surface area contributed by atoms with E-state index in [1.54, 1.807) is 6.07 Å². The minimum Gasteiger partial charge on any atom is -0.325 e. The predicted octanol–water partition coefficient (Wildman–Crippen LogP) is 2.05. The summed E-state index contributed by atoms with van der Waals surface area (Å²) in [4.78, 5) is 23.1. The molecule has 1 aromatic rings. The quantitative estimate of drug-likeness (QED) is 0.638.